The number of benzene rings is 2. The second-order valence-electron chi connectivity index (χ2n) is 8.04. The van der Waals surface area contributed by atoms with E-state index in [1.54, 1.807) is 29.2 Å². The van der Waals surface area contributed by atoms with Gasteiger partial charge in [0.15, 0.2) is 6.61 Å². The topological polar surface area (TPSA) is 118 Å². The lowest BCUT2D eigenvalue weighted by Gasteiger charge is -2.27. The average molecular weight is 498 g/mol. The molecule has 1 fully saturated rings. The Morgan fingerprint density at radius 1 is 1.09 bits per heavy atom. The van der Waals surface area contributed by atoms with Gasteiger partial charge in [0.05, 0.1) is 13.2 Å². The zero-order valence-corrected chi connectivity index (χ0v) is 19.5. The van der Waals surface area contributed by atoms with Crippen LogP contribution in [0, 0.1) is 0 Å². The van der Waals surface area contributed by atoms with Gasteiger partial charge in [0.2, 0.25) is 5.56 Å². The summed E-state index contributed by atoms with van der Waals surface area (Å²) < 4.78 is 10.5. The number of pyridine rings is 1. The van der Waals surface area contributed by atoms with Crippen LogP contribution in [0.4, 0.5) is 0 Å². The van der Waals surface area contributed by atoms with Crippen molar-refractivity contribution in [1.82, 2.24) is 15.2 Å². The molecule has 0 aliphatic carbocycles. The van der Waals surface area contributed by atoms with Gasteiger partial charge in [0, 0.05) is 47.1 Å². The van der Waals surface area contributed by atoms with Gasteiger partial charge in [-0.3, -0.25) is 14.4 Å². The van der Waals surface area contributed by atoms with Gasteiger partial charge in [-0.05, 0) is 35.9 Å². The van der Waals surface area contributed by atoms with Crippen molar-refractivity contribution in [3.05, 3.63) is 81.1 Å². The highest BCUT2D eigenvalue weighted by molar-refractivity contribution is 6.30. The van der Waals surface area contributed by atoms with Crippen molar-refractivity contribution in [3.8, 4) is 0 Å². The smallest absolute Gasteiger partial charge is 0.329 e. The van der Waals surface area contributed by atoms with E-state index in [0.717, 1.165) is 5.39 Å². The molecule has 1 saturated heterocycles. The van der Waals surface area contributed by atoms with Crippen molar-refractivity contribution in [3.63, 3.8) is 0 Å². The fourth-order valence-electron chi connectivity index (χ4n) is 3.84. The molecule has 3 aromatic rings. The molecular weight excluding hydrogens is 474 g/mol. The Hall–Kier alpha value is -3.69. The van der Waals surface area contributed by atoms with Crippen molar-refractivity contribution < 1.29 is 23.9 Å². The molecule has 0 radical (unpaired) electrons. The average Bonchev–Trinajstić information content (AvgIpc) is 2.87. The van der Waals surface area contributed by atoms with Crippen molar-refractivity contribution >= 4 is 40.3 Å². The highest BCUT2D eigenvalue weighted by Crippen LogP contribution is 2.17. The number of amides is 2. The molecule has 2 amide bonds. The molecule has 2 heterocycles. The number of nitrogens with zero attached hydrogens (tertiary/aromatic N) is 1. The zero-order chi connectivity index (χ0) is 24.8. The quantitative estimate of drug-likeness (QED) is 0.482. The van der Waals surface area contributed by atoms with Gasteiger partial charge in [-0.2, -0.15) is 0 Å². The van der Waals surface area contributed by atoms with Crippen LogP contribution >= 0.6 is 11.6 Å². The van der Waals surface area contributed by atoms with Crippen LogP contribution in [0.25, 0.3) is 10.9 Å². The Balaban J connectivity index is 1.54. The SMILES string of the molecule is O=C(NC(Cc1cc(=O)[nH]c2ccccc12)C(=O)OCC(=O)N1CCOCC1)c1ccc(Cl)cc1. The lowest BCUT2D eigenvalue weighted by atomic mass is 10.0. The van der Waals surface area contributed by atoms with Crippen LogP contribution in [0.2, 0.25) is 5.02 Å². The third kappa shape index (κ3) is 6.26. The second kappa shape index (κ2) is 11.2. The molecule has 1 aliphatic rings. The molecule has 1 aliphatic heterocycles. The number of nitrogens with one attached hydrogen (secondary N) is 2. The summed E-state index contributed by atoms with van der Waals surface area (Å²) in [5.41, 5.74) is 1.13. The van der Waals surface area contributed by atoms with Crippen molar-refractivity contribution in [1.29, 1.82) is 0 Å². The minimum absolute atomic E-state index is 0.00561. The third-order valence-electron chi connectivity index (χ3n) is 5.66. The van der Waals surface area contributed by atoms with Crippen LogP contribution < -0.4 is 10.9 Å². The number of rotatable bonds is 7. The number of hydrogen-bond donors (Lipinski definition) is 2. The van der Waals surface area contributed by atoms with Gasteiger partial charge in [0.25, 0.3) is 11.8 Å². The standard InChI is InChI=1S/C25H24ClN3O6/c26-18-7-5-16(6-8-18)24(32)28-21(25(33)35-15-23(31)29-9-11-34-12-10-29)13-17-14-22(30)27-20-4-2-1-3-19(17)20/h1-8,14,21H,9-13,15H2,(H,27,30)(H,28,32). The fourth-order valence-corrected chi connectivity index (χ4v) is 3.97. The Labute approximate surface area is 206 Å². The van der Waals surface area contributed by atoms with E-state index in [1.807, 2.05) is 12.1 Å². The fraction of sp³-hybridized carbons (Fsp3) is 0.280. The molecule has 0 bridgehead atoms. The van der Waals surface area contributed by atoms with Gasteiger partial charge in [0.1, 0.15) is 6.04 Å². The Kier molecular flexibility index (Phi) is 7.79. The van der Waals surface area contributed by atoms with E-state index < -0.39 is 24.5 Å². The van der Waals surface area contributed by atoms with Crippen molar-refractivity contribution in [2.45, 2.75) is 12.5 Å². The number of aromatic nitrogens is 1. The van der Waals surface area contributed by atoms with Gasteiger partial charge in [-0.15, -0.1) is 0 Å². The second-order valence-corrected chi connectivity index (χ2v) is 8.48. The summed E-state index contributed by atoms with van der Waals surface area (Å²) >= 11 is 5.90. The largest absolute Gasteiger partial charge is 0.454 e. The monoisotopic (exact) mass is 497 g/mol. The van der Waals surface area contributed by atoms with Crippen LogP contribution in [-0.2, 0) is 25.5 Å². The number of esters is 1. The first-order valence-electron chi connectivity index (χ1n) is 11.1. The summed E-state index contributed by atoms with van der Waals surface area (Å²) in [5, 5.41) is 3.87. The summed E-state index contributed by atoms with van der Waals surface area (Å²) in [4.78, 5) is 54.8. The minimum atomic E-state index is -1.14. The van der Waals surface area contributed by atoms with Crippen LogP contribution in [0.15, 0.2) is 59.4 Å². The van der Waals surface area contributed by atoms with E-state index in [9.17, 15) is 19.2 Å². The van der Waals surface area contributed by atoms with Crippen LogP contribution in [0.3, 0.4) is 0 Å². The van der Waals surface area contributed by atoms with Crippen molar-refractivity contribution in [2.75, 3.05) is 32.9 Å². The third-order valence-corrected chi connectivity index (χ3v) is 5.91. The Morgan fingerprint density at radius 2 is 1.80 bits per heavy atom. The molecule has 35 heavy (non-hydrogen) atoms. The summed E-state index contributed by atoms with van der Waals surface area (Å²) in [7, 11) is 0. The lowest BCUT2D eigenvalue weighted by Crippen LogP contribution is -2.46. The molecule has 2 aromatic carbocycles. The van der Waals surface area contributed by atoms with Crippen LogP contribution in [0.1, 0.15) is 15.9 Å². The maximum atomic E-state index is 13.0. The number of halogens is 1. The molecule has 1 atom stereocenters. The lowest BCUT2D eigenvalue weighted by molar-refractivity contribution is -0.155. The zero-order valence-electron chi connectivity index (χ0n) is 18.8. The minimum Gasteiger partial charge on any atom is -0.454 e. The van der Waals surface area contributed by atoms with E-state index >= 15 is 0 Å². The van der Waals surface area contributed by atoms with Crippen LogP contribution in [-0.4, -0.2) is 66.6 Å². The molecule has 0 spiro atoms. The van der Waals surface area contributed by atoms with Crippen LogP contribution in [0.5, 0.6) is 0 Å². The molecule has 1 aromatic heterocycles. The molecular formula is C25H24ClN3O6. The first kappa shape index (κ1) is 24.4. The number of aromatic amines is 1. The predicted molar refractivity (Wildman–Crippen MR) is 129 cm³/mol. The number of fused-ring (bicyclic) bond motifs is 1. The van der Waals surface area contributed by atoms with Gasteiger partial charge >= 0.3 is 5.97 Å². The Bertz CT molecular complexity index is 1280. The highest BCUT2D eigenvalue weighted by atomic mass is 35.5. The van der Waals surface area contributed by atoms with E-state index in [4.69, 9.17) is 21.1 Å². The Morgan fingerprint density at radius 3 is 2.54 bits per heavy atom. The normalized spacial score (nSPS) is 14.4. The van der Waals surface area contributed by atoms with Crippen molar-refractivity contribution in [2.24, 2.45) is 0 Å². The molecule has 9 nitrogen and oxygen atoms in total. The molecule has 0 saturated carbocycles. The maximum Gasteiger partial charge on any atom is 0.329 e. The highest BCUT2D eigenvalue weighted by Gasteiger charge is 2.26. The van der Waals surface area contributed by atoms with E-state index in [-0.39, 0.29) is 17.9 Å². The summed E-state index contributed by atoms with van der Waals surface area (Å²) in [6.07, 6.45) is -0.00561. The number of ether oxygens (including phenoxy) is 2. The summed E-state index contributed by atoms with van der Waals surface area (Å²) in [6, 6.07) is 13.6. The summed E-state index contributed by atoms with van der Waals surface area (Å²) in [6.45, 7) is 1.24. The van der Waals surface area contributed by atoms with E-state index in [0.29, 0.717) is 48.0 Å². The summed E-state index contributed by atoms with van der Waals surface area (Å²) in [5.74, 6) is -1.64. The number of hydrogen-bond acceptors (Lipinski definition) is 6. The predicted octanol–water partition coefficient (Wildman–Crippen LogP) is 1.92. The molecule has 4 rings (SSSR count). The number of carbonyl (C=O) groups excluding carboxylic acids is 3. The molecule has 10 heteroatoms. The molecule has 2 N–H and O–H groups in total. The number of morpholine rings is 1. The van der Waals surface area contributed by atoms with E-state index in [1.165, 1.54) is 18.2 Å². The van der Waals surface area contributed by atoms with E-state index in [2.05, 4.69) is 10.3 Å². The number of para-hydroxylation sites is 1. The number of H-pyrrole nitrogens is 1. The maximum absolute atomic E-state index is 13.0. The van der Waals surface area contributed by atoms with Gasteiger partial charge in [-0.25, -0.2) is 4.79 Å². The van der Waals surface area contributed by atoms with Gasteiger partial charge in [-0.1, -0.05) is 29.8 Å². The molecule has 182 valence electrons. The van der Waals surface area contributed by atoms with Gasteiger partial charge < -0.3 is 24.7 Å². The number of carbonyl (C=O) groups is 3. The first-order valence-corrected chi connectivity index (χ1v) is 11.5. The molecule has 1 unspecified atom stereocenters. The first-order chi connectivity index (χ1) is 16.9.